The number of benzene rings is 1. The average molecular weight is 261 g/mol. The Hall–Kier alpha value is -1.54. The molecule has 0 aromatic heterocycles. The van der Waals surface area contributed by atoms with E-state index in [-0.39, 0.29) is 5.92 Å². The molecule has 0 heterocycles. The van der Waals surface area contributed by atoms with Crippen LogP contribution in [0, 0.1) is 0 Å². The van der Waals surface area contributed by atoms with Gasteiger partial charge in [-0.2, -0.15) is 0 Å². The van der Waals surface area contributed by atoms with Crippen LogP contribution in [0.25, 0.3) is 5.57 Å². The van der Waals surface area contributed by atoms with Gasteiger partial charge in [0.1, 0.15) is 6.61 Å². The van der Waals surface area contributed by atoms with Gasteiger partial charge in [-0.1, -0.05) is 42.0 Å². The molecule has 1 unspecified atom stereocenters. The fraction of sp³-hybridized carbons (Fsp3) is 0.267. The summed E-state index contributed by atoms with van der Waals surface area (Å²) in [5, 5.41) is 0. The summed E-state index contributed by atoms with van der Waals surface area (Å²) in [6.45, 7) is 0.339. The lowest BCUT2D eigenvalue weighted by molar-refractivity contribution is 0.169. The largest absolute Gasteiger partial charge is 0.453 e. The molecule has 0 radical (unpaired) electrons. The highest BCUT2D eigenvalue weighted by atomic mass is 35.5. The van der Waals surface area contributed by atoms with Crippen molar-refractivity contribution in [3.63, 3.8) is 0 Å². The monoisotopic (exact) mass is 260 g/mol. The molecule has 1 aromatic rings. The maximum atomic E-state index is 10.8. The molecule has 18 heavy (non-hydrogen) atoms. The van der Waals surface area contributed by atoms with Crippen LogP contribution in [0.3, 0.4) is 0 Å². The highest BCUT2D eigenvalue weighted by Gasteiger charge is 2.31. The molecule has 0 amide bonds. The summed E-state index contributed by atoms with van der Waals surface area (Å²) in [5.74, 6) is 0.170. The van der Waals surface area contributed by atoms with Crippen LogP contribution in [0.1, 0.15) is 29.9 Å². The van der Waals surface area contributed by atoms with Crippen LogP contribution in [0.5, 0.6) is 0 Å². The Morgan fingerprint density at radius 3 is 3.06 bits per heavy atom. The molecule has 2 aliphatic rings. The van der Waals surface area contributed by atoms with Gasteiger partial charge in [0.15, 0.2) is 0 Å². The Kier molecular flexibility index (Phi) is 2.96. The maximum Gasteiger partial charge on any atom is 0.403 e. The summed E-state index contributed by atoms with van der Waals surface area (Å²) in [6, 6.07) is 8.30. The van der Waals surface area contributed by atoms with Gasteiger partial charge in [0.25, 0.3) is 0 Å². The van der Waals surface area contributed by atoms with Crippen LogP contribution in [0.4, 0.5) is 4.79 Å². The summed E-state index contributed by atoms with van der Waals surface area (Å²) in [5.41, 5.74) is 4.45. The van der Waals surface area contributed by atoms with Crippen molar-refractivity contribution in [1.29, 1.82) is 0 Å². The van der Waals surface area contributed by atoms with Crippen LogP contribution < -0.4 is 0 Å². The number of hydrogen-bond donors (Lipinski definition) is 0. The lowest BCUT2D eigenvalue weighted by Gasteiger charge is -2.17. The molecule has 2 aliphatic carbocycles. The zero-order valence-electron chi connectivity index (χ0n) is 9.86. The van der Waals surface area contributed by atoms with Gasteiger partial charge in [0.2, 0.25) is 0 Å². The van der Waals surface area contributed by atoms with Gasteiger partial charge in [-0.05, 0) is 29.5 Å². The van der Waals surface area contributed by atoms with E-state index in [0.717, 1.165) is 12.8 Å². The van der Waals surface area contributed by atoms with Crippen LogP contribution >= 0.6 is 11.6 Å². The first-order valence-corrected chi connectivity index (χ1v) is 6.46. The van der Waals surface area contributed by atoms with Crippen LogP contribution in [0.2, 0.25) is 0 Å². The minimum atomic E-state index is -0.729. The van der Waals surface area contributed by atoms with E-state index < -0.39 is 5.43 Å². The van der Waals surface area contributed by atoms with Crippen molar-refractivity contribution < 1.29 is 9.53 Å². The molecule has 0 spiro atoms. The summed E-state index contributed by atoms with van der Waals surface area (Å²) < 4.78 is 5.00. The van der Waals surface area contributed by atoms with Crippen LogP contribution in [0.15, 0.2) is 42.0 Å². The number of rotatable bonds is 2. The fourth-order valence-corrected chi connectivity index (χ4v) is 2.94. The van der Waals surface area contributed by atoms with E-state index >= 15 is 0 Å². The van der Waals surface area contributed by atoms with E-state index in [1.807, 2.05) is 12.1 Å². The van der Waals surface area contributed by atoms with E-state index in [9.17, 15) is 4.79 Å². The van der Waals surface area contributed by atoms with Gasteiger partial charge in [-0.25, -0.2) is 4.79 Å². The Labute approximate surface area is 111 Å². The molecule has 2 nitrogen and oxygen atoms in total. The van der Waals surface area contributed by atoms with Gasteiger partial charge < -0.3 is 4.74 Å². The number of hydrogen-bond acceptors (Lipinski definition) is 2. The number of carbonyl (C=O) groups excluding carboxylic acids is 1. The zero-order chi connectivity index (χ0) is 12.5. The second kappa shape index (κ2) is 4.62. The third kappa shape index (κ3) is 1.87. The Morgan fingerprint density at radius 2 is 2.22 bits per heavy atom. The zero-order valence-corrected chi connectivity index (χ0v) is 10.6. The number of halogens is 1. The van der Waals surface area contributed by atoms with E-state index in [0.29, 0.717) is 6.61 Å². The topological polar surface area (TPSA) is 26.3 Å². The molecule has 0 saturated carbocycles. The summed E-state index contributed by atoms with van der Waals surface area (Å²) >= 11 is 5.27. The van der Waals surface area contributed by atoms with Crippen molar-refractivity contribution in [1.82, 2.24) is 0 Å². The molecule has 92 valence electrons. The third-order valence-corrected chi connectivity index (χ3v) is 3.73. The number of ether oxygens (including phenoxy) is 1. The quantitative estimate of drug-likeness (QED) is 0.743. The molecule has 0 saturated heterocycles. The van der Waals surface area contributed by atoms with Crippen molar-refractivity contribution in [3.8, 4) is 0 Å². The van der Waals surface area contributed by atoms with E-state index in [1.54, 1.807) is 0 Å². The molecule has 0 aliphatic heterocycles. The first-order valence-electron chi connectivity index (χ1n) is 6.08. The molecule has 0 fully saturated rings. The van der Waals surface area contributed by atoms with E-state index in [4.69, 9.17) is 16.3 Å². The van der Waals surface area contributed by atoms with Crippen LogP contribution in [-0.2, 0) is 4.74 Å². The highest BCUT2D eigenvalue weighted by molar-refractivity contribution is 6.61. The molecular weight excluding hydrogens is 248 g/mol. The van der Waals surface area contributed by atoms with Crippen molar-refractivity contribution in [2.45, 2.75) is 18.8 Å². The fourth-order valence-electron chi connectivity index (χ4n) is 2.88. The predicted octanol–water partition coefficient (Wildman–Crippen LogP) is 4.26. The number of carbonyl (C=O) groups is 1. The van der Waals surface area contributed by atoms with Gasteiger partial charge in [-0.3, -0.25) is 0 Å². The van der Waals surface area contributed by atoms with E-state index in [2.05, 4.69) is 24.3 Å². The summed E-state index contributed by atoms with van der Waals surface area (Å²) in [7, 11) is 0. The first kappa shape index (κ1) is 11.5. The second-order valence-corrected chi connectivity index (χ2v) is 4.88. The van der Waals surface area contributed by atoms with Gasteiger partial charge in [0.05, 0.1) is 0 Å². The molecule has 3 rings (SSSR count). The van der Waals surface area contributed by atoms with E-state index in [1.165, 1.54) is 22.3 Å². The van der Waals surface area contributed by atoms with Crippen molar-refractivity contribution in [2.75, 3.05) is 6.61 Å². The smallest absolute Gasteiger partial charge is 0.403 e. The highest BCUT2D eigenvalue weighted by Crippen LogP contribution is 2.46. The minimum Gasteiger partial charge on any atom is -0.453 e. The normalized spacial score (nSPS) is 20.6. The summed E-state index contributed by atoms with van der Waals surface area (Å²) in [4.78, 5) is 10.8. The van der Waals surface area contributed by atoms with Crippen molar-refractivity contribution >= 4 is 22.6 Å². The summed E-state index contributed by atoms with van der Waals surface area (Å²) in [6.07, 6.45) is 6.47. The molecule has 0 N–H and O–H groups in total. The molecule has 1 atom stereocenters. The van der Waals surface area contributed by atoms with Gasteiger partial charge in [-0.15, -0.1) is 0 Å². The molecule has 3 heteroatoms. The average Bonchev–Trinajstić information content (AvgIpc) is 2.71. The van der Waals surface area contributed by atoms with Crippen LogP contribution in [-0.4, -0.2) is 12.0 Å². The third-order valence-electron chi connectivity index (χ3n) is 3.62. The molecule has 1 aromatic carbocycles. The lowest BCUT2D eigenvalue weighted by atomic mass is 9.91. The number of allylic oxidation sites excluding steroid dienone is 3. The SMILES string of the molecule is O=C(Cl)OCC1C2=C(C=CCC2)c2ccccc21. The number of fused-ring (bicyclic) bond motifs is 2. The Morgan fingerprint density at radius 1 is 1.39 bits per heavy atom. The van der Waals surface area contributed by atoms with Crippen molar-refractivity contribution in [2.24, 2.45) is 0 Å². The second-order valence-electron chi connectivity index (χ2n) is 4.57. The first-order chi connectivity index (χ1) is 8.77. The molecular formula is C15H13ClO2. The maximum absolute atomic E-state index is 10.8. The standard InChI is InChI=1S/C15H13ClO2/c16-15(17)18-9-14-12-7-3-1-5-10(12)11-6-2-4-8-13(11)14/h1-3,5-7,14H,4,8-9H2. The minimum absolute atomic E-state index is 0.170. The predicted molar refractivity (Wildman–Crippen MR) is 71.7 cm³/mol. The Bertz CT molecular complexity index is 557. The lowest BCUT2D eigenvalue weighted by Crippen LogP contribution is -2.10. The van der Waals surface area contributed by atoms with Gasteiger partial charge >= 0.3 is 5.43 Å². The molecule has 0 bridgehead atoms. The Balaban J connectivity index is 1.99. The van der Waals surface area contributed by atoms with Crippen molar-refractivity contribution in [3.05, 3.63) is 53.1 Å². The van der Waals surface area contributed by atoms with Gasteiger partial charge in [0, 0.05) is 17.5 Å².